The van der Waals surface area contributed by atoms with Crippen LogP contribution in [0.5, 0.6) is 0 Å². The van der Waals surface area contributed by atoms with Gasteiger partial charge in [-0.25, -0.2) is 9.78 Å². The lowest BCUT2D eigenvalue weighted by molar-refractivity contribution is -0.356. The number of rotatable bonds is 6. The van der Waals surface area contributed by atoms with Gasteiger partial charge in [0.25, 0.3) is 0 Å². The zero-order valence-corrected chi connectivity index (χ0v) is 19.0. The highest BCUT2D eigenvalue weighted by Crippen LogP contribution is 2.17. The topological polar surface area (TPSA) is 60.9 Å². The number of nitrogens with one attached hydrogen (secondary N) is 1. The predicted octanol–water partition coefficient (Wildman–Crippen LogP) is 5.62. The largest absolute Gasteiger partial charge is 0.370 e. The van der Waals surface area contributed by atoms with Gasteiger partial charge in [-0.1, -0.05) is 101 Å². The van der Waals surface area contributed by atoms with Crippen molar-refractivity contribution in [1.29, 1.82) is 0 Å². The van der Waals surface area contributed by atoms with E-state index < -0.39 is 0 Å². The minimum atomic E-state index is -0.211. The molecule has 1 heterocycles. The lowest BCUT2D eigenvalue weighted by Crippen LogP contribution is -2.28. The molecule has 168 valence electrons. The molecular formula is C30H23N4O+. The molecule has 0 unspecified atom stereocenters. The lowest BCUT2D eigenvalue weighted by Gasteiger charge is -2.01. The van der Waals surface area contributed by atoms with Gasteiger partial charge in [-0.15, -0.1) is 0 Å². The standard InChI is InChI=1S/C30H22N4O/c35-30-27-18-17-26(31-21-24-12-6-2-7-13-24)20-28(27)33-29(19-16-23-10-4-1-5-11-23)34(30)32-22-25-14-8-3-9-15-25/h1-22H/p+1/b19-16-,31-21?,32-22-. The van der Waals surface area contributed by atoms with E-state index in [0.717, 1.165) is 22.4 Å². The summed E-state index contributed by atoms with van der Waals surface area (Å²) in [6.45, 7) is 0. The number of nitrogens with zero attached hydrogens (tertiary/aromatic N) is 3. The van der Waals surface area contributed by atoms with E-state index in [2.05, 4.69) is 15.1 Å². The summed E-state index contributed by atoms with van der Waals surface area (Å²) in [6, 6.07) is 35.0. The highest BCUT2D eigenvalue weighted by atomic mass is 16.1. The molecule has 0 spiro atoms. The molecule has 0 aliphatic heterocycles. The number of aliphatic imine (C=N–C) groups is 1. The van der Waals surface area contributed by atoms with E-state index >= 15 is 0 Å². The molecule has 5 rings (SSSR count). The van der Waals surface area contributed by atoms with Gasteiger partial charge < -0.3 is 0 Å². The Kier molecular flexibility index (Phi) is 6.49. The molecule has 5 aromatic rings. The van der Waals surface area contributed by atoms with Gasteiger partial charge in [0, 0.05) is 18.4 Å². The summed E-state index contributed by atoms with van der Waals surface area (Å²) >= 11 is 0. The minimum absolute atomic E-state index is 0.211. The molecule has 0 saturated carbocycles. The van der Waals surface area contributed by atoms with Crippen LogP contribution in [0.15, 0.2) is 124 Å². The fourth-order valence-electron chi connectivity index (χ4n) is 3.63. The van der Waals surface area contributed by atoms with Crippen molar-refractivity contribution in [2.24, 2.45) is 10.1 Å². The van der Waals surface area contributed by atoms with Gasteiger partial charge in [0.1, 0.15) is 10.9 Å². The summed E-state index contributed by atoms with van der Waals surface area (Å²) in [5, 5.41) is 5.04. The average molecular weight is 456 g/mol. The molecule has 1 aromatic heterocycles. The number of benzene rings is 4. The normalized spacial score (nSPS) is 11.8. The number of hydrogen-bond acceptors (Lipinski definition) is 3. The van der Waals surface area contributed by atoms with Crippen molar-refractivity contribution < 1.29 is 4.98 Å². The van der Waals surface area contributed by atoms with Crippen LogP contribution >= 0.6 is 0 Å². The van der Waals surface area contributed by atoms with Crippen LogP contribution in [0, 0.1) is 0 Å². The van der Waals surface area contributed by atoms with Gasteiger partial charge in [0.15, 0.2) is 0 Å². The maximum atomic E-state index is 13.4. The molecule has 0 aliphatic carbocycles. The first-order valence-corrected chi connectivity index (χ1v) is 11.3. The Morgan fingerprint density at radius 3 is 1.91 bits per heavy atom. The van der Waals surface area contributed by atoms with Crippen LogP contribution in [0.2, 0.25) is 0 Å². The Hall–Kier alpha value is -4.90. The van der Waals surface area contributed by atoms with Crippen LogP contribution in [0.25, 0.3) is 23.1 Å². The zero-order chi connectivity index (χ0) is 23.9. The number of H-pyrrole nitrogens is 1. The average Bonchev–Trinajstić information content (AvgIpc) is 2.92. The smallest absolute Gasteiger partial charge is 0.256 e. The fraction of sp³-hybridized carbons (Fsp3) is 0. The SMILES string of the molecule is O=c1c2ccc(N=Cc3ccccc3)cc2[nH+]c(/C=C\c2ccccc2)n1/N=C\c1ccccc1. The van der Waals surface area contributed by atoms with Gasteiger partial charge in [-0.3, -0.25) is 4.99 Å². The molecule has 0 radical (unpaired) electrons. The second kappa shape index (κ2) is 10.4. The van der Waals surface area contributed by atoms with E-state index in [1.807, 2.05) is 121 Å². The Bertz CT molecular complexity index is 1590. The molecule has 0 fully saturated rings. The van der Waals surface area contributed by atoms with Crippen molar-refractivity contribution in [2.75, 3.05) is 0 Å². The number of fused-ring (bicyclic) bond motifs is 1. The maximum Gasteiger partial charge on any atom is 0.370 e. The maximum absolute atomic E-state index is 13.4. The van der Waals surface area contributed by atoms with E-state index in [1.54, 1.807) is 12.3 Å². The molecule has 0 bridgehead atoms. The van der Waals surface area contributed by atoms with E-state index in [9.17, 15) is 4.79 Å². The molecule has 4 aromatic carbocycles. The van der Waals surface area contributed by atoms with E-state index in [4.69, 9.17) is 0 Å². The Morgan fingerprint density at radius 2 is 1.26 bits per heavy atom. The Morgan fingerprint density at radius 1 is 0.657 bits per heavy atom. The molecule has 5 nitrogen and oxygen atoms in total. The summed E-state index contributed by atoms with van der Waals surface area (Å²) in [7, 11) is 0. The van der Waals surface area contributed by atoms with Crippen molar-refractivity contribution >= 4 is 41.2 Å². The van der Waals surface area contributed by atoms with Crippen LogP contribution < -0.4 is 10.5 Å². The van der Waals surface area contributed by atoms with Gasteiger partial charge in [-0.05, 0) is 34.9 Å². The molecule has 5 heteroatoms. The van der Waals surface area contributed by atoms with Crippen molar-refractivity contribution in [3.8, 4) is 0 Å². The molecule has 35 heavy (non-hydrogen) atoms. The van der Waals surface area contributed by atoms with Crippen LogP contribution in [0.1, 0.15) is 22.5 Å². The number of aromatic nitrogens is 2. The molecule has 0 aliphatic rings. The second-order valence-corrected chi connectivity index (χ2v) is 7.93. The predicted molar refractivity (Wildman–Crippen MR) is 143 cm³/mol. The summed E-state index contributed by atoms with van der Waals surface area (Å²) in [4.78, 5) is 21.4. The van der Waals surface area contributed by atoms with Crippen molar-refractivity contribution in [2.45, 2.75) is 0 Å². The first kappa shape index (κ1) is 21.9. The summed E-state index contributed by atoms with van der Waals surface area (Å²) < 4.78 is 1.39. The molecular weight excluding hydrogens is 432 g/mol. The fourth-order valence-corrected chi connectivity index (χ4v) is 3.63. The van der Waals surface area contributed by atoms with Crippen molar-refractivity contribution in [3.63, 3.8) is 0 Å². The Balaban J connectivity index is 1.59. The molecule has 0 amide bonds. The van der Waals surface area contributed by atoms with Gasteiger partial charge in [0.2, 0.25) is 0 Å². The minimum Gasteiger partial charge on any atom is -0.256 e. The third-order valence-corrected chi connectivity index (χ3v) is 5.43. The molecule has 0 saturated heterocycles. The van der Waals surface area contributed by atoms with Crippen molar-refractivity contribution in [1.82, 2.24) is 4.68 Å². The summed E-state index contributed by atoms with van der Waals surface area (Å²) in [5.41, 5.74) is 4.17. The number of aromatic amines is 1. The number of hydrogen-bond donors (Lipinski definition) is 0. The Labute approximate surface area is 203 Å². The van der Waals surface area contributed by atoms with E-state index in [1.165, 1.54) is 4.68 Å². The highest BCUT2D eigenvalue weighted by molar-refractivity contribution is 5.85. The molecule has 1 N–H and O–H groups in total. The van der Waals surface area contributed by atoms with Gasteiger partial charge in [-0.2, -0.15) is 0 Å². The second-order valence-electron chi connectivity index (χ2n) is 7.93. The first-order chi connectivity index (χ1) is 17.3. The monoisotopic (exact) mass is 455 g/mol. The van der Waals surface area contributed by atoms with Gasteiger partial charge in [0.05, 0.1) is 11.9 Å². The van der Waals surface area contributed by atoms with E-state index in [-0.39, 0.29) is 5.56 Å². The van der Waals surface area contributed by atoms with Crippen LogP contribution in [-0.4, -0.2) is 17.1 Å². The van der Waals surface area contributed by atoms with Crippen LogP contribution in [-0.2, 0) is 0 Å². The third-order valence-electron chi connectivity index (χ3n) is 5.43. The van der Waals surface area contributed by atoms with Gasteiger partial charge >= 0.3 is 11.4 Å². The lowest BCUT2D eigenvalue weighted by atomic mass is 10.2. The van der Waals surface area contributed by atoms with Crippen LogP contribution in [0.4, 0.5) is 5.69 Å². The highest BCUT2D eigenvalue weighted by Gasteiger charge is 2.16. The first-order valence-electron chi connectivity index (χ1n) is 11.3. The zero-order valence-electron chi connectivity index (χ0n) is 19.0. The van der Waals surface area contributed by atoms with Crippen molar-refractivity contribution in [3.05, 3.63) is 142 Å². The summed E-state index contributed by atoms with van der Waals surface area (Å²) in [5.74, 6) is 0.558. The third kappa shape index (κ3) is 5.37. The van der Waals surface area contributed by atoms with Crippen LogP contribution in [0.3, 0.4) is 0 Å². The van der Waals surface area contributed by atoms with E-state index in [0.29, 0.717) is 16.7 Å². The quantitative estimate of drug-likeness (QED) is 0.307. The summed E-state index contributed by atoms with van der Waals surface area (Å²) in [6.07, 6.45) is 7.30. The molecule has 0 atom stereocenters.